The summed E-state index contributed by atoms with van der Waals surface area (Å²) in [7, 11) is 0. The van der Waals surface area contributed by atoms with Crippen LogP contribution in [0.2, 0.25) is 0 Å². The van der Waals surface area contributed by atoms with Gasteiger partial charge in [0.1, 0.15) is 11.3 Å². The van der Waals surface area contributed by atoms with Crippen LogP contribution in [0.15, 0.2) is 22.8 Å². The van der Waals surface area contributed by atoms with E-state index in [0.29, 0.717) is 12.8 Å². The number of hydrogen-bond donors (Lipinski definition) is 2. The van der Waals surface area contributed by atoms with Crippen molar-refractivity contribution in [3.63, 3.8) is 0 Å². The van der Waals surface area contributed by atoms with Crippen molar-refractivity contribution in [2.24, 2.45) is 0 Å². The molecular formula is C10H13NO3. The minimum Gasteiger partial charge on any atom is -0.480 e. The third-order valence-corrected chi connectivity index (χ3v) is 2.71. The lowest BCUT2D eigenvalue weighted by Gasteiger charge is -2.22. The number of rotatable bonds is 3. The Morgan fingerprint density at radius 2 is 2.57 bits per heavy atom. The van der Waals surface area contributed by atoms with Gasteiger partial charge in [-0.05, 0) is 31.5 Å². The summed E-state index contributed by atoms with van der Waals surface area (Å²) in [4.78, 5) is 11.1. The van der Waals surface area contributed by atoms with Crippen molar-refractivity contribution in [3.05, 3.63) is 24.2 Å². The quantitative estimate of drug-likeness (QED) is 0.756. The highest BCUT2D eigenvalue weighted by molar-refractivity contribution is 5.79. The van der Waals surface area contributed by atoms with Crippen LogP contribution < -0.4 is 5.32 Å². The van der Waals surface area contributed by atoms with Crippen molar-refractivity contribution in [2.45, 2.75) is 24.8 Å². The monoisotopic (exact) mass is 195 g/mol. The molecule has 76 valence electrons. The zero-order chi connectivity index (χ0) is 10.0. The number of carboxylic acid groups (broad SMARTS) is 1. The number of nitrogens with one attached hydrogen (secondary N) is 1. The normalized spacial score (nSPS) is 26.6. The third-order valence-electron chi connectivity index (χ3n) is 2.71. The van der Waals surface area contributed by atoms with Crippen molar-refractivity contribution in [1.29, 1.82) is 0 Å². The maximum Gasteiger partial charge on any atom is 0.324 e. The second-order valence-corrected chi connectivity index (χ2v) is 3.67. The van der Waals surface area contributed by atoms with Gasteiger partial charge in [0, 0.05) is 6.42 Å². The highest BCUT2D eigenvalue weighted by Crippen LogP contribution is 2.24. The first-order chi connectivity index (χ1) is 6.73. The molecule has 4 nitrogen and oxygen atoms in total. The second kappa shape index (κ2) is 3.46. The maximum atomic E-state index is 11.1. The van der Waals surface area contributed by atoms with E-state index in [-0.39, 0.29) is 0 Å². The summed E-state index contributed by atoms with van der Waals surface area (Å²) in [6.07, 6.45) is 3.57. The summed E-state index contributed by atoms with van der Waals surface area (Å²) < 4.78 is 5.17. The minimum atomic E-state index is -0.808. The Kier molecular flexibility index (Phi) is 2.29. The van der Waals surface area contributed by atoms with E-state index in [2.05, 4.69) is 5.32 Å². The van der Waals surface area contributed by atoms with E-state index < -0.39 is 11.5 Å². The molecule has 0 radical (unpaired) electrons. The van der Waals surface area contributed by atoms with E-state index in [1.807, 2.05) is 6.07 Å². The zero-order valence-corrected chi connectivity index (χ0v) is 7.82. The summed E-state index contributed by atoms with van der Waals surface area (Å²) in [6.45, 7) is 0.771. The van der Waals surface area contributed by atoms with Gasteiger partial charge in [0.25, 0.3) is 0 Å². The number of hydrogen-bond acceptors (Lipinski definition) is 3. The summed E-state index contributed by atoms with van der Waals surface area (Å²) in [6, 6.07) is 3.59. The third kappa shape index (κ3) is 1.53. The van der Waals surface area contributed by atoms with Gasteiger partial charge >= 0.3 is 5.97 Å². The van der Waals surface area contributed by atoms with E-state index >= 15 is 0 Å². The van der Waals surface area contributed by atoms with E-state index in [1.165, 1.54) is 0 Å². The van der Waals surface area contributed by atoms with Crippen LogP contribution in [0.4, 0.5) is 0 Å². The van der Waals surface area contributed by atoms with Crippen LogP contribution in [0.5, 0.6) is 0 Å². The van der Waals surface area contributed by atoms with Gasteiger partial charge in [-0.25, -0.2) is 0 Å². The topological polar surface area (TPSA) is 62.5 Å². The molecule has 0 saturated carbocycles. The molecule has 2 heterocycles. The largest absolute Gasteiger partial charge is 0.480 e. The van der Waals surface area contributed by atoms with Gasteiger partial charge in [-0.1, -0.05) is 0 Å². The smallest absolute Gasteiger partial charge is 0.324 e. The number of carboxylic acids is 1. The SMILES string of the molecule is O=C(O)C1(Cc2ccco2)CCCN1. The molecule has 1 aromatic heterocycles. The van der Waals surface area contributed by atoms with Crippen LogP contribution in [0.1, 0.15) is 18.6 Å². The molecule has 2 rings (SSSR count). The molecule has 1 aliphatic heterocycles. The molecule has 0 amide bonds. The lowest BCUT2D eigenvalue weighted by Crippen LogP contribution is -2.49. The van der Waals surface area contributed by atoms with Gasteiger partial charge in [-0.2, -0.15) is 0 Å². The van der Waals surface area contributed by atoms with E-state index in [0.717, 1.165) is 18.7 Å². The van der Waals surface area contributed by atoms with Crippen LogP contribution >= 0.6 is 0 Å². The lowest BCUT2D eigenvalue weighted by molar-refractivity contribution is -0.144. The van der Waals surface area contributed by atoms with Crippen LogP contribution in [0.3, 0.4) is 0 Å². The predicted octanol–water partition coefficient (Wildman–Crippen LogP) is 1.03. The zero-order valence-electron chi connectivity index (χ0n) is 7.82. The second-order valence-electron chi connectivity index (χ2n) is 3.67. The van der Waals surface area contributed by atoms with Crippen LogP contribution in [-0.2, 0) is 11.2 Å². The van der Waals surface area contributed by atoms with E-state index in [9.17, 15) is 4.79 Å². The highest BCUT2D eigenvalue weighted by Gasteiger charge is 2.41. The average Bonchev–Trinajstić information content (AvgIpc) is 2.76. The molecule has 1 fully saturated rings. The van der Waals surface area contributed by atoms with Crippen molar-refractivity contribution in [3.8, 4) is 0 Å². The Morgan fingerprint density at radius 3 is 3.07 bits per heavy atom. The van der Waals surface area contributed by atoms with Gasteiger partial charge in [-0.3, -0.25) is 4.79 Å². The van der Waals surface area contributed by atoms with Gasteiger partial charge < -0.3 is 14.8 Å². The standard InChI is InChI=1S/C10H13NO3/c12-9(13)10(4-2-5-11-10)7-8-3-1-6-14-8/h1,3,6,11H,2,4-5,7H2,(H,12,13). The minimum absolute atomic E-state index is 0.426. The van der Waals surface area contributed by atoms with Crippen molar-refractivity contribution < 1.29 is 14.3 Å². The fourth-order valence-electron chi connectivity index (χ4n) is 1.93. The predicted molar refractivity (Wildman–Crippen MR) is 50.0 cm³/mol. The van der Waals surface area contributed by atoms with Crippen LogP contribution in [0, 0.1) is 0 Å². The fourth-order valence-corrected chi connectivity index (χ4v) is 1.93. The van der Waals surface area contributed by atoms with Crippen LogP contribution in [0.25, 0.3) is 0 Å². The van der Waals surface area contributed by atoms with Crippen molar-refractivity contribution in [1.82, 2.24) is 5.32 Å². The van der Waals surface area contributed by atoms with Gasteiger partial charge in [0.2, 0.25) is 0 Å². The lowest BCUT2D eigenvalue weighted by atomic mass is 9.92. The molecule has 0 aromatic carbocycles. The Bertz CT molecular complexity index is 312. The molecular weight excluding hydrogens is 182 g/mol. The highest BCUT2D eigenvalue weighted by atomic mass is 16.4. The Balaban J connectivity index is 2.16. The summed E-state index contributed by atoms with van der Waals surface area (Å²) in [5.41, 5.74) is -0.808. The first-order valence-corrected chi connectivity index (χ1v) is 4.74. The average molecular weight is 195 g/mol. The molecule has 1 unspecified atom stereocenters. The van der Waals surface area contributed by atoms with Crippen molar-refractivity contribution >= 4 is 5.97 Å². The molecule has 14 heavy (non-hydrogen) atoms. The summed E-state index contributed by atoms with van der Waals surface area (Å²) in [5.74, 6) is -0.0619. The molecule has 2 N–H and O–H groups in total. The molecule has 1 aromatic rings. The molecule has 0 bridgehead atoms. The molecule has 1 atom stereocenters. The molecule has 1 saturated heterocycles. The van der Waals surface area contributed by atoms with E-state index in [1.54, 1.807) is 12.3 Å². The Hall–Kier alpha value is -1.29. The molecule has 4 heteroatoms. The summed E-state index contributed by atoms with van der Waals surface area (Å²) in [5, 5.41) is 12.2. The first kappa shape index (κ1) is 9.27. The summed E-state index contributed by atoms with van der Waals surface area (Å²) >= 11 is 0. The van der Waals surface area contributed by atoms with Crippen LogP contribution in [-0.4, -0.2) is 23.2 Å². The fraction of sp³-hybridized carbons (Fsp3) is 0.500. The Morgan fingerprint density at radius 1 is 1.71 bits per heavy atom. The first-order valence-electron chi connectivity index (χ1n) is 4.74. The molecule has 0 spiro atoms. The van der Waals surface area contributed by atoms with Gasteiger partial charge in [0.05, 0.1) is 6.26 Å². The number of carbonyl (C=O) groups is 1. The van der Waals surface area contributed by atoms with Crippen molar-refractivity contribution in [2.75, 3.05) is 6.54 Å². The molecule has 1 aliphatic rings. The molecule has 0 aliphatic carbocycles. The number of furan rings is 1. The van der Waals surface area contributed by atoms with Gasteiger partial charge in [0.15, 0.2) is 0 Å². The maximum absolute atomic E-state index is 11.1. The van der Waals surface area contributed by atoms with E-state index in [4.69, 9.17) is 9.52 Å². The number of aliphatic carboxylic acids is 1. The Labute approximate surface area is 81.9 Å². The van der Waals surface area contributed by atoms with Gasteiger partial charge in [-0.15, -0.1) is 0 Å².